The van der Waals surface area contributed by atoms with Crippen molar-refractivity contribution in [3.63, 3.8) is 0 Å². The van der Waals surface area contributed by atoms with Crippen LogP contribution < -0.4 is 4.74 Å². The van der Waals surface area contributed by atoms with Crippen LogP contribution in [0, 0.1) is 5.92 Å². The number of hydrogen-bond acceptors (Lipinski definition) is 4. The number of carboxylic acid groups (broad SMARTS) is 3. The van der Waals surface area contributed by atoms with E-state index in [0.29, 0.717) is 11.3 Å². The summed E-state index contributed by atoms with van der Waals surface area (Å²) in [7, 11) is 0. The van der Waals surface area contributed by atoms with Crippen LogP contribution in [-0.2, 0) is 20.8 Å². The highest BCUT2D eigenvalue weighted by atomic mass is 16.5. The fourth-order valence-electron chi connectivity index (χ4n) is 2.06. The van der Waals surface area contributed by atoms with Crippen molar-refractivity contribution in [1.82, 2.24) is 0 Å². The molecule has 0 saturated heterocycles. The molecule has 0 bridgehead atoms. The minimum absolute atomic E-state index is 0.0473. The molecule has 1 rings (SSSR count). The Balaban J connectivity index is 3.02. The number of ether oxygens (including phenoxy) is 1. The fourth-order valence-corrected chi connectivity index (χ4v) is 2.06. The third-order valence-corrected chi connectivity index (χ3v) is 3.06. The van der Waals surface area contributed by atoms with Crippen molar-refractivity contribution in [2.45, 2.75) is 20.3 Å². The largest absolute Gasteiger partial charge is 0.482 e. The summed E-state index contributed by atoms with van der Waals surface area (Å²) in [4.78, 5) is 33.1. The lowest BCUT2D eigenvalue weighted by molar-refractivity contribution is -0.139. The second-order valence-corrected chi connectivity index (χ2v) is 5.16. The maximum Gasteiger partial charge on any atom is 0.341 e. The Morgan fingerprint density at radius 3 is 1.96 bits per heavy atom. The first-order valence-corrected chi connectivity index (χ1v) is 6.85. The third-order valence-electron chi connectivity index (χ3n) is 3.06. The summed E-state index contributed by atoms with van der Waals surface area (Å²) >= 11 is 0. The number of carboxylic acids is 3. The van der Waals surface area contributed by atoms with E-state index in [9.17, 15) is 24.6 Å². The summed E-state index contributed by atoms with van der Waals surface area (Å²) in [5.74, 6) is -3.73. The van der Waals surface area contributed by atoms with Crippen molar-refractivity contribution in [2.24, 2.45) is 5.92 Å². The molecule has 0 saturated carbocycles. The van der Waals surface area contributed by atoms with Crippen LogP contribution in [0.3, 0.4) is 0 Å². The van der Waals surface area contributed by atoms with Crippen molar-refractivity contribution >= 4 is 17.9 Å². The molecule has 0 radical (unpaired) electrons. The number of aliphatic carboxylic acids is 3. The predicted molar refractivity (Wildman–Crippen MR) is 80.4 cm³/mol. The van der Waals surface area contributed by atoms with Gasteiger partial charge in [-0.15, -0.1) is 0 Å². The van der Waals surface area contributed by atoms with Gasteiger partial charge in [0.15, 0.2) is 6.61 Å². The molecule has 0 unspecified atom stereocenters. The molecule has 0 aromatic heterocycles. The Labute approximate surface area is 132 Å². The van der Waals surface area contributed by atoms with Crippen LogP contribution in [0.4, 0.5) is 0 Å². The van der Waals surface area contributed by atoms with Crippen molar-refractivity contribution in [1.29, 1.82) is 0 Å². The molecule has 0 amide bonds. The van der Waals surface area contributed by atoms with Gasteiger partial charge in [0.05, 0.1) is 11.1 Å². The first-order valence-electron chi connectivity index (χ1n) is 6.85. The van der Waals surface area contributed by atoms with Gasteiger partial charge in [0.25, 0.3) is 0 Å². The highest BCUT2D eigenvalue weighted by Gasteiger charge is 2.23. The van der Waals surface area contributed by atoms with Crippen molar-refractivity contribution in [2.75, 3.05) is 6.61 Å². The third kappa shape index (κ3) is 5.46. The number of rotatable bonds is 8. The molecule has 0 fully saturated rings. The topological polar surface area (TPSA) is 121 Å². The first kappa shape index (κ1) is 18.2. The molecule has 0 atom stereocenters. The molecule has 0 aliphatic carbocycles. The Kier molecular flexibility index (Phi) is 6.32. The molecule has 1 aromatic carbocycles. The van der Waals surface area contributed by atoms with Crippen LogP contribution in [0.2, 0.25) is 0 Å². The van der Waals surface area contributed by atoms with Gasteiger partial charge in [-0.05, 0) is 23.6 Å². The summed E-state index contributed by atoms with van der Waals surface area (Å²) in [6.07, 6.45) is -0.0473. The average molecular weight is 322 g/mol. The smallest absolute Gasteiger partial charge is 0.341 e. The standard InChI is InChI=1S/C16H18O7/c1-9(2)14(16(21)22)12(15(19)20)7-10-3-5-11(6-4-10)23-8-13(17)18/h3-6,9H,7-8H2,1-2H3,(H,17,18)(H,19,20)(H,21,22). The average Bonchev–Trinajstić information content (AvgIpc) is 2.44. The van der Waals surface area contributed by atoms with Gasteiger partial charge in [0.1, 0.15) is 5.75 Å². The van der Waals surface area contributed by atoms with E-state index in [1.165, 1.54) is 12.1 Å². The normalized spacial score (nSPS) is 11.8. The Hall–Kier alpha value is -2.83. The molecule has 0 heterocycles. The second-order valence-electron chi connectivity index (χ2n) is 5.16. The van der Waals surface area contributed by atoms with Crippen LogP contribution in [0.15, 0.2) is 35.4 Å². The molecule has 0 spiro atoms. The molecule has 7 heteroatoms. The van der Waals surface area contributed by atoms with Gasteiger partial charge in [-0.25, -0.2) is 14.4 Å². The molecular weight excluding hydrogens is 304 g/mol. The van der Waals surface area contributed by atoms with Crippen LogP contribution >= 0.6 is 0 Å². The van der Waals surface area contributed by atoms with E-state index in [1.54, 1.807) is 26.0 Å². The van der Waals surface area contributed by atoms with Crippen LogP contribution in [0.25, 0.3) is 0 Å². The minimum Gasteiger partial charge on any atom is -0.482 e. The van der Waals surface area contributed by atoms with E-state index >= 15 is 0 Å². The molecular formula is C16H18O7. The van der Waals surface area contributed by atoms with Gasteiger partial charge >= 0.3 is 17.9 Å². The summed E-state index contributed by atoms with van der Waals surface area (Å²) in [5, 5.41) is 27.0. The van der Waals surface area contributed by atoms with Crippen LogP contribution in [0.1, 0.15) is 19.4 Å². The molecule has 3 N–H and O–H groups in total. The van der Waals surface area contributed by atoms with E-state index < -0.39 is 30.4 Å². The molecule has 0 aliphatic rings. The van der Waals surface area contributed by atoms with Gasteiger partial charge in [-0.2, -0.15) is 0 Å². The maximum atomic E-state index is 11.4. The summed E-state index contributed by atoms with van der Waals surface area (Å²) < 4.78 is 4.98. The monoisotopic (exact) mass is 322 g/mol. The second kappa shape index (κ2) is 7.98. The van der Waals surface area contributed by atoms with Crippen LogP contribution in [0.5, 0.6) is 5.75 Å². The lowest BCUT2D eigenvalue weighted by Gasteiger charge is -2.12. The predicted octanol–water partition coefficient (Wildman–Crippen LogP) is 1.81. The molecule has 7 nitrogen and oxygen atoms in total. The van der Waals surface area contributed by atoms with Gasteiger partial charge in [0.2, 0.25) is 0 Å². The van der Waals surface area contributed by atoms with Crippen LogP contribution in [-0.4, -0.2) is 39.8 Å². The zero-order chi connectivity index (χ0) is 17.6. The summed E-state index contributed by atoms with van der Waals surface area (Å²) in [6, 6.07) is 6.15. The number of carbonyl (C=O) groups is 3. The van der Waals surface area contributed by atoms with E-state index in [4.69, 9.17) is 9.84 Å². The van der Waals surface area contributed by atoms with E-state index in [0.717, 1.165) is 0 Å². The van der Waals surface area contributed by atoms with Gasteiger partial charge in [-0.1, -0.05) is 26.0 Å². The van der Waals surface area contributed by atoms with E-state index in [-0.39, 0.29) is 17.6 Å². The molecule has 0 aliphatic heterocycles. The van der Waals surface area contributed by atoms with Crippen molar-refractivity contribution < 1.29 is 34.4 Å². The Morgan fingerprint density at radius 1 is 1.00 bits per heavy atom. The minimum atomic E-state index is -1.28. The molecule has 1 aromatic rings. The SMILES string of the molecule is CC(C)C(C(=O)O)=C(Cc1ccc(OCC(=O)O)cc1)C(=O)O. The zero-order valence-electron chi connectivity index (χ0n) is 12.8. The highest BCUT2D eigenvalue weighted by Crippen LogP contribution is 2.21. The maximum absolute atomic E-state index is 11.4. The van der Waals surface area contributed by atoms with Gasteiger partial charge < -0.3 is 20.1 Å². The number of benzene rings is 1. The Morgan fingerprint density at radius 2 is 1.57 bits per heavy atom. The molecule has 124 valence electrons. The van der Waals surface area contributed by atoms with Crippen molar-refractivity contribution in [3.8, 4) is 5.75 Å². The number of hydrogen-bond donors (Lipinski definition) is 3. The van der Waals surface area contributed by atoms with Gasteiger partial charge in [-0.3, -0.25) is 0 Å². The van der Waals surface area contributed by atoms with Gasteiger partial charge in [0, 0.05) is 6.42 Å². The first-order chi connectivity index (χ1) is 10.7. The molecule has 23 heavy (non-hydrogen) atoms. The Bertz CT molecular complexity index is 626. The fraction of sp³-hybridized carbons (Fsp3) is 0.312. The lowest BCUT2D eigenvalue weighted by atomic mass is 9.93. The summed E-state index contributed by atoms with van der Waals surface area (Å²) in [6.45, 7) is 2.76. The quantitative estimate of drug-likeness (QED) is 0.624. The van der Waals surface area contributed by atoms with Crippen molar-refractivity contribution in [3.05, 3.63) is 41.0 Å². The zero-order valence-corrected chi connectivity index (χ0v) is 12.8. The van der Waals surface area contributed by atoms with E-state index in [1.807, 2.05) is 0 Å². The lowest BCUT2D eigenvalue weighted by Crippen LogP contribution is -2.17. The van der Waals surface area contributed by atoms with E-state index in [2.05, 4.69) is 0 Å². The highest BCUT2D eigenvalue weighted by molar-refractivity contribution is 5.99. The summed E-state index contributed by atoms with van der Waals surface area (Å²) in [5.41, 5.74) is 0.278.